The molecule has 0 atom stereocenters. The van der Waals surface area contributed by atoms with E-state index in [4.69, 9.17) is 9.72 Å². The Balaban J connectivity index is 1.46. The van der Waals surface area contributed by atoms with Gasteiger partial charge in [0.25, 0.3) is 11.8 Å². The number of amides is 1. The molecule has 1 saturated carbocycles. The summed E-state index contributed by atoms with van der Waals surface area (Å²) in [6.07, 6.45) is 0.539. The van der Waals surface area contributed by atoms with Crippen LogP contribution in [0.2, 0.25) is 0 Å². The average molecular weight is 562 g/mol. The fraction of sp³-hybridized carbons (Fsp3) is 0.424. The summed E-state index contributed by atoms with van der Waals surface area (Å²) in [7, 11) is 0. The summed E-state index contributed by atoms with van der Waals surface area (Å²) in [5, 5.41) is 2.95. The van der Waals surface area contributed by atoms with E-state index >= 15 is 0 Å². The minimum absolute atomic E-state index is 0.0391. The molecule has 5 rings (SSSR count). The Kier molecular flexibility index (Phi) is 7.86. The molecule has 1 aromatic heterocycles. The highest BCUT2D eigenvalue weighted by atomic mass is 19.3. The summed E-state index contributed by atoms with van der Waals surface area (Å²) in [6.45, 7) is 8.78. The van der Waals surface area contributed by atoms with Gasteiger partial charge >= 0.3 is 5.97 Å². The molecule has 2 aliphatic rings. The summed E-state index contributed by atoms with van der Waals surface area (Å²) in [6, 6.07) is 17.0. The first-order valence-corrected chi connectivity index (χ1v) is 14.2. The van der Waals surface area contributed by atoms with Crippen molar-refractivity contribution >= 4 is 17.6 Å². The lowest BCUT2D eigenvalue weighted by Gasteiger charge is -2.37. The molecule has 0 radical (unpaired) electrons. The number of pyridine rings is 1. The number of nitrogens with zero attached hydrogens (tertiary/aromatic N) is 2. The number of ether oxygens (including phenoxy) is 1. The van der Waals surface area contributed by atoms with Crippen LogP contribution in [0.3, 0.4) is 0 Å². The first kappa shape index (κ1) is 28.7. The zero-order chi connectivity index (χ0) is 29.4. The van der Waals surface area contributed by atoms with Crippen molar-refractivity contribution in [2.24, 2.45) is 5.41 Å². The maximum atomic E-state index is 14.2. The Morgan fingerprint density at radius 2 is 1.63 bits per heavy atom. The lowest BCUT2D eigenvalue weighted by atomic mass is 9.89. The molecule has 1 saturated heterocycles. The third kappa shape index (κ3) is 5.97. The second-order valence-corrected chi connectivity index (χ2v) is 11.6. The molecule has 1 amide bonds. The number of nitrogens with one attached hydrogen (secondary N) is 1. The first-order chi connectivity index (χ1) is 19.5. The summed E-state index contributed by atoms with van der Waals surface area (Å²) in [5.41, 5.74) is 5.42. The van der Waals surface area contributed by atoms with Crippen molar-refractivity contribution in [3.8, 4) is 11.1 Å². The van der Waals surface area contributed by atoms with Gasteiger partial charge in [-0.15, -0.1) is 0 Å². The quantitative estimate of drug-likeness (QED) is 0.322. The van der Waals surface area contributed by atoms with E-state index in [1.165, 1.54) is 0 Å². The second-order valence-electron chi connectivity index (χ2n) is 11.6. The molecule has 1 N–H and O–H groups in total. The number of carbonyl (C=O) groups excluding carboxylic acids is 2. The zero-order valence-corrected chi connectivity index (χ0v) is 24.1. The summed E-state index contributed by atoms with van der Waals surface area (Å²) in [4.78, 5) is 32.6. The van der Waals surface area contributed by atoms with Crippen LogP contribution in [-0.4, -0.2) is 42.0 Å². The number of anilines is 1. The molecule has 0 bridgehead atoms. The van der Waals surface area contributed by atoms with Gasteiger partial charge < -0.3 is 15.0 Å². The van der Waals surface area contributed by atoms with E-state index in [1.807, 2.05) is 70.2 Å². The smallest absolute Gasteiger partial charge is 0.310 e. The molecule has 1 aliphatic carbocycles. The van der Waals surface area contributed by atoms with Crippen LogP contribution < -0.4 is 10.2 Å². The number of carbonyl (C=O) groups is 2. The standard InChI is InChI=1S/C33H37F2N3O3/c1-21(2)41-28(39)18-27-22(3)37-23(4)29(30(27)38-16-14-32(15-17-38)20-33(32,34)35)25-10-12-26(13-11-25)31(40)36-19-24-8-6-5-7-9-24/h5-13,21H,14-20H2,1-4H3,(H,36,40). The number of benzene rings is 2. The van der Waals surface area contributed by atoms with E-state index in [9.17, 15) is 18.4 Å². The van der Waals surface area contributed by atoms with Gasteiger partial charge in [0.15, 0.2) is 0 Å². The molecule has 6 nitrogen and oxygen atoms in total. The van der Waals surface area contributed by atoms with Crippen molar-refractivity contribution in [1.29, 1.82) is 0 Å². The lowest BCUT2D eigenvalue weighted by Crippen LogP contribution is -2.38. The van der Waals surface area contributed by atoms with Crippen molar-refractivity contribution in [2.75, 3.05) is 18.0 Å². The number of hydrogen-bond donors (Lipinski definition) is 1. The molecule has 1 spiro atoms. The predicted octanol–water partition coefficient (Wildman–Crippen LogP) is 6.42. The maximum Gasteiger partial charge on any atom is 0.310 e. The van der Waals surface area contributed by atoms with Gasteiger partial charge in [-0.3, -0.25) is 14.6 Å². The normalized spacial score (nSPS) is 17.0. The highest BCUT2D eigenvalue weighted by Crippen LogP contribution is 2.66. The maximum absolute atomic E-state index is 14.2. The number of alkyl halides is 2. The van der Waals surface area contributed by atoms with Gasteiger partial charge in [0.05, 0.1) is 18.2 Å². The number of halogens is 2. The van der Waals surface area contributed by atoms with Crippen LogP contribution in [-0.2, 0) is 22.5 Å². The second kappa shape index (κ2) is 11.2. The lowest BCUT2D eigenvalue weighted by molar-refractivity contribution is -0.146. The largest absolute Gasteiger partial charge is 0.463 e. The molecule has 3 aromatic rings. The Bertz CT molecular complexity index is 1430. The van der Waals surface area contributed by atoms with Crippen LogP contribution in [0.25, 0.3) is 11.1 Å². The SMILES string of the molecule is Cc1nc(C)c(-c2ccc(C(=O)NCc3ccccc3)cc2)c(N2CCC3(CC2)CC3(F)F)c1CC(=O)OC(C)C. The minimum atomic E-state index is -2.59. The Labute approximate surface area is 240 Å². The summed E-state index contributed by atoms with van der Waals surface area (Å²) in [5.74, 6) is -3.12. The van der Waals surface area contributed by atoms with Crippen LogP contribution in [0.4, 0.5) is 14.5 Å². The number of esters is 1. The van der Waals surface area contributed by atoms with Gasteiger partial charge in [-0.2, -0.15) is 0 Å². The number of rotatable bonds is 8. The summed E-state index contributed by atoms with van der Waals surface area (Å²) < 4.78 is 33.8. The van der Waals surface area contributed by atoms with Crippen LogP contribution in [0.15, 0.2) is 54.6 Å². The fourth-order valence-electron chi connectivity index (χ4n) is 5.97. The van der Waals surface area contributed by atoms with Gasteiger partial charge in [0, 0.05) is 59.5 Å². The Morgan fingerprint density at radius 3 is 2.22 bits per heavy atom. The fourth-order valence-corrected chi connectivity index (χ4v) is 5.97. The molecule has 0 unspecified atom stereocenters. The number of aromatic nitrogens is 1. The van der Waals surface area contributed by atoms with E-state index in [1.54, 1.807) is 12.1 Å². The van der Waals surface area contributed by atoms with Crippen molar-refractivity contribution in [3.05, 3.63) is 82.7 Å². The monoisotopic (exact) mass is 561 g/mol. The van der Waals surface area contributed by atoms with Crippen LogP contribution in [0.5, 0.6) is 0 Å². The molecule has 2 aromatic carbocycles. The van der Waals surface area contributed by atoms with Crippen molar-refractivity contribution in [2.45, 2.75) is 71.9 Å². The highest BCUT2D eigenvalue weighted by molar-refractivity contribution is 5.95. The van der Waals surface area contributed by atoms with Gasteiger partial charge in [0.2, 0.25) is 0 Å². The van der Waals surface area contributed by atoms with Crippen molar-refractivity contribution < 1.29 is 23.1 Å². The number of hydrogen-bond acceptors (Lipinski definition) is 5. The average Bonchev–Trinajstić information content (AvgIpc) is 3.47. The number of aryl methyl sites for hydroxylation is 2. The predicted molar refractivity (Wildman–Crippen MR) is 155 cm³/mol. The number of piperidine rings is 1. The zero-order valence-electron chi connectivity index (χ0n) is 24.1. The Hall–Kier alpha value is -3.81. The molecular formula is C33H37F2N3O3. The van der Waals surface area contributed by atoms with E-state index in [0.717, 1.165) is 39.3 Å². The minimum Gasteiger partial charge on any atom is -0.463 e. The van der Waals surface area contributed by atoms with Crippen LogP contribution in [0, 0.1) is 19.3 Å². The molecule has 216 valence electrons. The highest BCUT2D eigenvalue weighted by Gasteiger charge is 2.70. The van der Waals surface area contributed by atoms with E-state index < -0.39 is 11.3 Å². The third-order valence-electron chi connectivity index (χ3n) is 8.32. The van der Waals surface area contributed by atoms with Gasteiger partial charge in [-0.25, -0.2) is 8.78 Å². The van der Waals surface area contributed by atoms with Crippen molar-refractivity contribution in [1.82, 2.24) is 10.3 Å². The van der Waals surface area contributed by atoms with Gasteiger partial charge in [-0.05, 0) is 63.8 Å². The first-order valence-electron chi connectivity index (χ1n) is 14.2. The Morgan fingerprint density at radius 1 is 1.00 bits per heavy atom. The topological polar surface area (TPSA) is 71.5 Å². The van der Waals surface area contributed by atoms with Crippen molar-refractivity contribution in [3.63, 3.8) is 0 Å². The van der Waals surface area contributed by atoms with E-state index in [2.05, 4.69) is 10.2 Å². The van der Waals surface area contributed by atoms with Crippen LogP contribution >= 0.6 is 0 Å². The van der Waals surface area contributed by atoms with E-state index in [0.29, 0.717) is 38.0 Å². The molecule has 1 aliphatic heterocycles. The van der Waals surface area contributed by atoms with Gasteiger partial charge in [0.1, 0.15) is 0 Å². The molecule has 41 heavy (non-hydrogen) atoms. The van der Waals surface area contributed by atoms with E-state index in [-0.39, 0.29) is 30.8 Å². The third-order valence-corrected chi connectivity index (χ3v) is 8.32. The van der Waals surface area contributed by atoms with Crippen LogP contribution in [0.1, 0.15) is 66.0 Å². The molecule has 8 heteroatoms. The molecule has 2 fully saturated rings. The molecule has 2 heterocycles. The van der Waals surface area contributed by atoms with Gasteiger partial charge in [-0.1, -0.05) is 42.5 Å². The summed E-state index contributed by atoms with van der Waals surface area (Å²) >= 11 is 0. The molecular weight excluding hydrogens is 524 g/mol.